The molecular weight excluding hydrogens is 326 g/mol. The Hall–Kier alpha value is -2.08. The molecule has 0 bridgehead atoms. The van der Waals surface area contributed by atoms with Crippen LogP contribution in [0.3, 0.4) is 0 Å². The Labute approximate surface area is 124 Å². The zero-order valence-electron chi connectivity index (χ0n) is 10.7. The average Bonchev–Trinajstić information content (AvgIpc) is 2.95. The highest BCUT2D eigenvalue weighted by Gasteiger charge is 2.13. The number of carbonyl (C=O) groups is 2. The van der Waals surface area contributed by atoms with Gasteiger partial charge in [0.2, 0.25) is 0 Å². The predicted octanol–water partition coefficient (Wildman–Crippen LogP) is 3.47. The van der Waals surface area contributed by atoms with Crippen molar-refractivity contribution in [3.8, 4) is 0 Å². The fraction of sp³-hybridized carbons (Fsp3) is 0.143. The van der Waals surface area contributed by atoms with Crippen molar-refractivity contribution in [3.63, 3.8) is 0 Å². The van der Waals surface area contributed by atoms with Crippen LogP contribution in [0.5, 0.6) is 0 Å². The second kappa shape index (κ2) is 6.38. The molecule has 0 aliphatic rings. The molecule has 1 aromatic carbocycles. The Morgan fingerprint density at radius 1 is 1.35 bits per heavy atom. The van der Waals surface area contributed by atoms with Gasteiger partial charge < -0.3 is 14.5 Å². The molecule has 0 radical (unpaired) electrons. The van der Waals surface area contributed by atoms with Crippen LogP contribution in [0, 0.1) is 0 Å². The van der Waals surface area contributed by atoms with Gasteiger partial charge in [0.1, 0.15) is 0 Å². The highest BCUT2D eigenvalue weighted by atomic mass is 79.9. The number of furan rings is 1. The standard InChI is InChI=1S/C14H12BrNO4/c1-2-19-14(18)9-5-6-11(10(15)8-9)16-13(17)12-4-3-7-20-12/h3-8H,2H2,1H3,(H,16,17). The van der Waals surface area contributed by atoms with Crippen molar-refractivity contribution in [1.29, 1.82) is 0 Å². The third-order valence-corrected chi connectivity index (χ3v) is 3.13. The summed E-state index contributed by atoms with van der Waals surface area (Å²) in [6.07, 6.45) is 1.42. The summed E-state index contributed by atoms with van der Waals surface area (Å²) in [6.45, 7) is 2.05. The second-order valence-corrected chi connectivity index (χ2v) is 4.70. The van der Waals surface area contributed by atoms with E-state index in [4.69, 9.17) is 9.15 Å². The molecule has 5 nitrogen and oxygen atoms in total. The van der Waals surface area contributed by atoms with E-state index in [0.717, 1.165) is 0 Å². The highest BCUT2D eigenvalue weighted by molar-refractivity contribution is 9.10. The van der Waals surface area contributed by atoms with Crippen molar-refractivity contribution in [3.05, 3.63) is 52.4 Å². The maximum Gasteiger partial charge on any atom is 0.338 e. The van der Waals surface area contributed by atoms with E-state index in [0.29, 0.717) is 22.3 Å². The molecule has 20 heavy (non-hydrogen) atoms. The maximum atomic E-state index is 11.8. The summed E-state index contributed by atoms with van der Waals surface area (Å²) in [6, 6.07) is 8.00. The zero-order valence-corrected chi connectivity index (χ0v) is 12.3. The van der Waals surface area contributed by atoms with Gasteiger partial charge in [-0.05, 0) is 53.2 Å². The molecule has 0 aliphatic heterocycles. The van der Waals surface area contributed by atoms with Gasteiger partial charge in [-0.25, -0.2) is 4.79 Å². The quantitative estimate of drug-likeness (QED) is 0.867. The van der Waals surface area contributed by atoms with Crippen LogP contribution in [0.25, 0.3) is 0 Å². The number of anilines is 1. The molecule has 0 saturated heterocycles. The van der Waals surface area contributed by atoms with Crippen LogP contribution in [0.2, 0.25) is 0 Å². The summed E-state index contributed by atoms with van der Waals surface area (Å²) in [5.41, 5.74) is 0.953. The Kier molecular flexibility index (Phi) is 4.57. The van der Waals surface area contributed by atoms with Crippen LogP contribution in [-0.2, 0) is 4.74 Å². The molecule has 104 valence electrons. The number of halogens is 1. The third-order valence-electron chi connectivity index (χ3n) is 2.47. The van der Waals surface area contributed by atoms with Crippen LogP contribution in [0.1, 0.15) is 27.8 Å². The maximum absolute atomic E-state index is 11.8. The number of amides is 1. The smallest absolute Gasteiger partial charge is 0.338 e. The fourth-order valence-electron chi connectivity index (χ4n) is 1.55. The summed E-state index contributed by atoms with van der Waals surface area (Å²) in [5.74, 6) is -0.553. The van der Waals surface area contributed by atoms with E-state index in [1.165, 1.54) is 6.26 Å². The first kappa shape index (κ1) is 14.3. The van der Waals surface area contributed by atoms with Crippen molar-refractivity contribution in [2.24, 2.45) is 0 Å². The topological polar surface area (TPSA) is 68.5 Å². The van der Waals surface area contributed by atoms with Crippen molar-refractivity contribution >= 4 is 33.5 Å². The van der Waals surface area contributed by atoms with E-state index in [9.17, 15) is 9.59 Å². The van der Waals surface area contributed by atoms with Crippen molar-refractivity contribution in [1.82, 2.24) is 0 Å². The van der Waals surface area contributed by atoms with Gasteiger partial charge in [-0.2, -0.15) is 0 Å². The molecule has 2 aromatic rings. The molecular formula is C14H12BrNO4. The normalized spacial score (nSPS) is 10.1. The van der Waals surface area contributed by atoms with Crippen LogP contribution < -0.4 is 5.32 Å². The van der Waals surface area contributed by atoms with Crippen LogP contribution in [0.15, 0.2) is 45.5 Å². The largest absolute Gasteiger partial charge is 0.462 e. The third kappa shape index (κ3) is 3.27. The van der Waals surface area contributed by atoms with E-state index < -0.39 is 5.97 Å². The van der Waals surface area contributed by atoms with Crippen LogP contribution in [0.4, 0.5) is 5.69 Å². The highest BCUT2D eigenvalue weighted by Crippen LogP contribution is 2.24. The average molecular weight is 338 g/mol. The van der Waals surface area contributed by atoms with Gasteiger partial charge in [0.05, 0.1) is 24.1 Å². The number of carbonyl (C=O) groups excluding carboxylic acids is 2. The van der Waals surface area contributed by atoms with Crippen LogP contribution in [-0.4, -0.2) is 18.5 Å². The Morgan fingerprint density at radius 2 is 2.15 bits per heavy atom. The lowest BCUT2D eigenvalue weighted by Crippen LogP contribution is -2.12. The summed E-state index contributed by atoms with van der Waals surface area (Å²) >= 11 is 3.31. The molecule has 0 atom stereocenters. The minimum atomic E-state index is -0.405. The van der Waals surface area contributed by atoms with E-state index in [-0.39, 0.29) is 11.7 Å². The van der Waals surface area contributed by atoms with E-state index in [2.05, 4.69) is 21.2 Å². The fourth-order valence-corrected chi connectivity index (χ4v) is 2.03. The number of benzene rings is 1. The summed E-state index contributed by atoms with van der Waals surface area (Å²) in [4.78, 5) is 23.4. The molecule has 2 rings (SSSR count). The Balaban J connectivity index is 2.14. The Bertz CT molecular complexity index is 622. The number of ether oxygens (including phenoxy) is 1. The SMILES string of the molecule is CCOC(=O)c1ccc(NC(=O)c2ccco2)c(Br)c1. The first-order chi connectivity index (χ1) is 9.61. The molecule has 1 amide bonds. The summed E-state index contributed by atoms with van der Waals surface area (Å²) in [7, 11) is 0. The molecule has 1 N–H and O–H groups in total. The minimum absolute atomic E-state index is 0.214. The first-order valence-electron chi connectivity index (χ1n) is 5.93. The predicted molar refractivity (Wildman–Crippen MR) is 76.8 cm³/mol. The lowest BCUT2D eigenvalue weighted by atomic mass is 10.2. The summed E-state index contributed by atoms with van der Waals surface area (Å²) in [5, 5.41) is 2.68. The Morgan fingerprint density at radius 3 is 2.75 bits per heavy atom. The lowest BCUT2D eigenvalue weighted by molar-refractivity contribution is 0.0526. The van der Waals surface area contributed by atoms with Crippen molar-refractivity contribution in [2.45, 2.75) is 6.92 Å². The molecule has 0 aliphatic carbocycles. The number of nitrogens with one attached hydrogen (secondary N) is 1. The van der Waals surface area contributed by atoms with Gasteiger partial charge in [-0.1, -0.05) is 0 Å². The van der Waals surface area contributed by atoms with Gasteiger partial charge in [0, 0.05) is 4.47 Å². The molecule has 0 saturated carbocycles. The van der Waals surface area contributed by atoms with Gasteiger partial charge >= 0.3 is 5.97 Å². The summed E-state index contributed by atoms with van der Waals surface area (Å²) < 4.78 is 10.5. The van der Waals surface area contributed by atoms with E-state index in [1.807, 2.05) is 0 Å². The van der Waals surface area contributed by atoms with Crippen molar-refractivity contribution in [2.75, 3.05) is 11.9 Å². The number of rotatable bonds is 4. The molecule has 0 fully saturated rings. The number of hydrogen-bond donors (Lipinski definition) is 1. The molecule has 0 spiro atoms. The zero-order chi connectivity index (χ0) is 14.5. The second-order valence-electron chi connectivity index (χ2n) is 3.85. The molecule has 1 heterocycles. The van der Waals surface area contributed by atoms with Crippen molar-refractivity contribution < 1.29 is 18.7 Å². The van der Waals surface area contributed by atoms with Gasteiger partial charge in [0.15, 0.2) is 5.76 Å². The molecule has 6 heteroatoms. The first-order valence-corrected chi connectivity index (χ1v) is 6.72. The number of hydrogen-bond acceptors (Lipinski definition) is 4. The lowest BCUT2D eigenvalue weighted by Gasteiger charge is -2.08. The molecule has 1 aromatic heterocycles. The van der Waals surface area contributed by atoms with Gasteiger partial charge in [-0.15, -0.1) is 0 Å². The molecule has 0 unspecified atom stereocenters. The monoisotopic (exact) mass is 337 g/mol. The minimum Gasteiger partial charge on any atom is -0.462 e. The van der Waals surface area contributed by atoms with E-state index in [1.54, 1.807) is 37.3 Å². The van der Waals surface area contributed by atoms with Gasteiger partial charge in [0.25, 0.3) is 5.91 Å². The van der Waals surface area contributed by atoms with Gasteiger partial charge in [-0.3, -0.25) is 4.79 Å². The van der Waals surface area contributed by atoms with Crippen LogP contribution >= 0.6 is 15.9 Å². The number of esters is 1. The van der Waals surface area contributed by atoms with E-state index >= 15 is 0 Å².